The fraction of sp³-hybridized carbons (Fsp3) is 0.0870. The largest absolute Gasteiger partial charge is 0.497 e. The van der Waals surface area contributed by atoms with Gasteiger partial charge < -0.3 is 14.2 Å². The Labute approximate surface area is 178 Å². The number of halogens is 2. The Morgan fingerprint density at radius 2 is 1.66 bits per heavy atom. The molecule has 0 saturated carbocycles. The van der Waals surface area contributed by atoms with E-state index in [1.165, 1.54) is 0 Å². The molecule has 0 fully saturated rings. The second kappa shape index (κ2) is 8.19. The van der Waals surface area contributed by atoms with E-state index in [-0.39, 0.29) is 11.5 Å². The van der Waals surface area contributed by atoms with E-state index in [4.69, 9.17) is 37.4 Å². The van der Waals surface area contributed by atoms with Crippen molar-refractivity contribution in [2.24, 2.45) is 0 Å². The summed E-state index contributed by atoms with van der Waals surface area (Å²) < 4.78 is 16.7. The van der Waals surface area contributed by atoms with Gasteiger partial charge in [-0.1, -0.05) is 41.4 Å². The molecule has 1 aliphatic rings. The SMILES string of the molecule is COc1ccc(COc2ccc3c(c2)O/C(=C\c2c(Cl)cccc2Cl)C3=O)cc1. The Morgan fingerprint density at radius 1 is 0.966 bits per heavy atom. The molecule has 0 radical (unpaired) electrons. The van der Waals surface area contributed by atoms with E-state index in [2.05, 4.69) is 0 Å². The second-order valence-corrected chi connectivity index (χ2v) is 7.18. The highest BCUT2D eigenvalue weighted by atomic mass is 35.5. The lowest BCUT2D eigenvalue weighted by molar-refractivity contribution is 0.101. The van der Waals surface area contributed by atoms with Crippen LogP contribution in [0.3, 0.4) is 0 Å². The molecule has 0 bridgehead atoms. The van der Waals surface area contributed by atoms with E-state index in [9.17, 15) is 4.79 Å². The maximum atomic E-state index is 12.6. The maximum absolute atomic E-state index is 12.6. The molecule has 1 heterocycles. The molecule has 4 rings (SSSR count). The number of rotatable bonds is 5. The number of ketones is 1. The van der Waals surface area contributed by atoms with Crippen LogP contribution in [0, 0.1) is 0 Å². The summed E-state index contributed by atoms with van der Waals surface area (Å²) in [6.45, 7) is 0.384. The summed E-state index contributed by atoms with van der Waals surface area (Å²) in [7, 11) is 1.62. The molecule has 3 aromatic rings. The maximum Gasteiger partial charge on any atom is 0.231 e. The molecule has 1 aliphatic heterocycles. The van der Waals surface area contributed by atoms with Crippen LogP contribution in [0.5, 0.6) is 17.2 Å². The van der Waals surface area contributed by atoms with Gasteiger partial charge in [0.05, 0.1) is 12.7 Å². The highest BCUT2D eigenvalue weighted by Crippen LogP contribution is 2.36. The lowest BCUT2D eigenvalue weighted by Gasteiger charge is -2.08. The summed E-state index contributed by atoms with van der Waals surface area (Å²) in [6.07, 6.45) is 1.56. The molecule has 0 N–H and O–H groups in total. The summed E-state index contributed by atoms with van der Waals surface area (Å²) in [4.78, 5) is 12.6. The quantitative estimate of drug-likeness (QED) is 0.455. The molecule has 0 unspecified atom stereocenters. The predicted molar refractivity (Wildman–Crippen MR) is 113 cm³/mol. The number of hydrogen-bond acceptors (Lipinski definition) is 4. The van der Waals surface area contributed by atoms with Gasteiger partial charge in [-0.15, -0.1) is 0 Å². The third kappa shape index (κ3) is 4.09. The van der Waals surface area contributed by atoms with Gasteiger partial charge in [0.25, 0.3) is 0 Å². The summed E-state index contributed by atoms with van der Waals surface area (Å²) in [5.74, 6) is 1.78. The lowest BCUT2D eigenvalue weighted by atomic mass is 10.1. The topological polar surface area (TPSA) is 44.8 Å². The molecule has 6 heteroatoms. The number of methoxy groups -OCH3 is 1. The number of allylic oxidation sites excluding steroid dienone is 1. The van der Waals surface area contributed by atoms with Crippen LogP contribution in [-0.4, -0.2) is 12.9 Å². The first-order valence-electron chi connectivity index (χ1n) is 8.83. The van der Waals surface area contributed by atoms with Crippen LogP contribution < -0.4 is 14.2 Å². The minimum atomic E-state index is -0.224. The first-order chi connectivity index (χ1) is 14.0. The van der Waals surface area contributed by atoms with Gasteiger partial charge >= 0.3 is 0 Å². The summed E-state index contributed by atoms with van der Waals surface area (Å²) in [5, 5.41) is 0.891. The zero-order valence-electron chi connectivity index (χ0n) is 15.4. The van der Waals surface area contributed by atoms with E-state index in [1.807, 2.05) is 24.3 Å². The van der Waals surface area contributed by atoms with Gasteiger partial charge in [-0.25, -0.2) is 0 Å². The smallest absolute Gasteiger partial charge is 0.231 e. The van der Waals surface area contributed by atoms with Crippen LogP contribution in [0.25, 0.3) is 6.08 Å². The first-order valence-corrected chi connectivity index (χ1v) is 9.59. The van der Waals surface area contributed by atoms with Gasteiger partial charge in [-0.05, 0) is 48.0 Å². The van der Waals surface area contributed by atoms with Crippen molar-refractivity contribution in [3.63, 3.8) is 0 Å². The number of carbonyl (C=O) groups excluding carboxylic acids is 1. The minimum Gasteiger partial charge on any atom is -0.497 e. The van der Waals surface area contributed by atoms with E-state index >= 15 is 0 Å². The van der Waals surface area contributed by atoms with Gasteiger partial charge in [0, 0.05) is 21.7 Å². The minimum absolute atomic E-state index is 0.169. The van der Waals surface area contributed by atoms with E-state index in [0.717, 1.165) is 11.3 Å². The monoisotopic (exact) mass is 426 g/mol. The van der Waals surface area contributed by atoms with Crippen molar-refractivity contribution in [2.75, 3.05) is 7.11 Å². The van der Waals surface area contributed by atoms with Crippen LogP contribution in [0.4, 0.5) is 0 Å². The zero-order chi connectivity index (χ0) is 20.4. The molecule has 146 valence electrons. The summed E-state index contributed by atoms with van der Waals surface area (Å²) in [5.41, 5.74) is 2.01. The Kier molecular flexibility index (Phi) is 5.47. The van der Waals surface area contributed by atoms with E-state index in [0.29, 0.717) is 39.3 Å². The van der Waals surface area contributed by atoms with Crippen molar-refractivity contribution in [2.45, 2.75) is 6.61 Å². The molecular weight excluding hydrogens is 411 g/mol. The Bertz CT molecular complexity index is 1080. The molecule has 0 aliphatic carbocycles. The number of Topliss-reactive ketones (excluding diaryl/α,β-unsaturated/α-hetero) is 1. The number of hydrogen-bond donors (Lipinski definition) is 0. The van der Waals surface area contributed by atoms with Gasteiger partial charge in [-0.3, -0.25) is 4.79 Å². The molecule has 0 atom stereocenters. The fourth-order valence-corrected chi connectivity index (χ4v) is 3.43. The average Bonchev–Trinajstić information content (AvgIpc) is 3.04. The highest BCUT2D eigenvalue weighted by molar-refractivity contribution is 6.37. The molecular formula is C23H16Cl2O4. The number of benzene rings is 3. The molecule has 4 nitrogen and oxygen atoms in total. The summed E-state index contributed by atoms with van der Waals surface area (Å²) in [6, 6.07) is 17.9. The predicted octanol–water partition coefficient (Wildman–Crippen LogP) is 6.20. The van der Waals surface area contributed by atoms with Crippen LogP contribution >= 0.6 is 23.2 Å². The van der Waals surface area contributed by atoms with E-state index in [1.54, 1.807) is 49.6 Å². The van der Waals surface area contributed by atoms with Crippen molar-refractivity contribution in [3.05, 3.63) is 93.2 Å². The average molecular weight is 427 g/mol. The molecule has 0 spiro atoms. The van der Waals surface area contributed by atoms with Crippen LogP contribution in [0.2, 0.25) is 10.0 Å². The molecule has 29 heavy (non-hydrogen) atoms. The molecule has 0 saturated heterocycles. The second-order valence-electron chi connectivity index (χ2n) is 6.37. The molecule has 0 aromatic heterocycles. The normalized spacial score (nSPS) is 13.9. The van der Waals surface area contributed by atoms with E-state index < -0.39 is 0 Å². The van der Waals surface area contributed by atoms with Crippen molar-refractivity contribution >= 4 is 35.1 Å². The first kappa shape index (κ1) is 19.4. The lowest BCUT2D eigenvalue weighted by Crippen LogP contribution is -1.98. The van der Waals surface area contributed by atoms with Crippen molar-refractivity contribution in [3.8, 4) is 17.2 Å². The molecule has 0 amide bonds. The van der Waals surface area contributed by atoms with Gasteiger partial charge in [0.2, 0.25) is 5.78 Å². The Balaban J connectivity index is 1.51. The van der Waals surface area contributed by atoms with Crippen LogP contribution in [0.15, 0.2) is 66.4 Å². The standard InChI is InChI=1S/C23H16Cl2O4/c1-27-15-7-5-14(6-8-15)13-28-16-9-10-17-21(11-16)29-22(23(17)26)12-18-19(24)3-2-4-20(18)25/h2-12H,13H2,1H3/b22-12-. The summed E-state index contributed by atoms with van der Waals surface area (Å²) >= 11 is 12.4. The van der Waals surface area contributed by atoms with Crippen LogP contribution in [0.1, 0.15) is 21.5 Å². The Morgan fingerprint density at radius 3 is 2.34 bits per heavy atom. The van der Waals surface area contributed by atoms with Gasteiger partial charge in [-0.2, -0.15) is 0 Å². The van der Waals surface area contributed by atoms with Gasteiger partial charge in [0.1, 0.15) is 23.9 Å². The fourth-order valence-electron chi connectivity index (χ4n) is 2.93. The molecule has 3 aromatic carbocycles. The third-order valence-electron chi connectivity index (χ3n) is 4.48. The number of carbonyl (C=O) groups is 1. The highest BCUT2D eigenvalue weighted by Gasteiger charge is 2.28. The van der Waals surface area contributed by atoms with Crippen molar-refractivity contribution in [1.29, 1.82) is 0 Å². The van der Waals surface area contributed by atoms with Gasteiger partial charge in [0.15, 0.2) is 5.76 Å². The number of ether oxygens (including phenoxy) is 3. The van der Waals surface area contributed by atoms with Crippen LogP contribution in [-0.2, 0) is 6.61 Å². The number of fused-ring (bicyclic) bond motifs is 1. The van der Waals surface area contributed by atoms with Crippen molar-refractivity contribution < 1.29 is 19.0 Å². The van der Waals surface area contributed by atoms with Crippen molar-refractivity contribution in [1.82, 2.24) is 0 Å². The Hall–Kier alpha value is -2.95. The third-order valence-corrected chi connectivity index (χ3v) is 5.14. The zero-order valence-corrected chi connectivity index (χ0v) is 17.0.